The Kier molecular flexibility index (Phi) is 6.27. The lowest BCUT2D eigenvalue weighted by Gasteiger charge is -2.16. The minimum Gasteiger partial charge on any atom is -0.497 e. The van der Waals surface area contributed by atoms with Gasteiger partial charge in [0.2, 0.25) is 5.88 Å². The van der Waals surface area contributed by atoms with E-state index in [0.717, 1.165) is 5.75 Å². The highest BCUT2D eigenvalue weighted by molar-refractivity contribution is 6.05. The smallest absolute Gasteiger partial charge is 0.259 e. The van der Waals surface area contributed by atoms with Crippen LogP contribution in [0.4, 0.5) is 5.69 Å². The number of anilines is 1. The van der Waals surface area contributed by atoms with Crippen LogP contribution in [0.3, 0.4) is 0 Å². The van der Waals surface area contributed by atoms with Crippen LogP contribution in [0.25, 0.3) is 0 Å². The molecule has 0 saturated carbocycles. The monoisotopic (exact) mass is 427 g/mol. The molecule has 0 saturated heterocycles. The second-order valence-corrected chi connectivity index (χ2v) is 6.81. The number of carbonyl (C=O) groups excluding carboxylic acids is 1. The largest absolute Gasteiger partial charge is 0.497 e. The molecular formula is C25H21N3O4. The first-order chi connectivity index (χ1) is 15.6. The van der Waals surface area contributed by atoms with Crippen molar-refractivity contribution in [2.75, 3.05) is 19.1 Å². The van der Waals surface area contributed by atoms with Gasteiger partial charge < -0.3 is 19.1 Å². The first kappa shape index (κ1) is 20.9. The van der Waals surface area contributed by atoms with Gasteiger partial charge in [0.05, 0.1) is 24.6 Å². The van der Waals surface area contributed by atoms with Crippen molar-refractivity contribution in [2.45, 2.75) is 0 Å². The van der Waals surface area contributed by atoms with Gasteiger partial charge in [0, 0.05) is 25.5 Å². The maximum Gasteiger partial charge on any atom is 0.259 e. The molecule has 1 amide bonds. The number of hydrogen-bond acceptors (Lipinski definition) is 6. The summed E-state index contributed by atoms with van der Waals surface area (Å²) in [6.07, 6.45) is 4.78. The molecule has 2 heterocycles. The lowest BCUT2D eigenvalue weighted by Crippen LogP contribution is -2.26. The van der Waals surface area contributed by atoms with Gasteiger partial charge in [0.25, 0.3) is 5.91 Å². The van der Waals surface area contributed by atoms with Crippen LogP contribution in [0, 0.1) is 0 Å². The number of aromatic nitrogens is 2. The van der Waals surface area contributed by atoms with Gasteiger partial charge >= 0.3 is 0 Å². The van der Waals surface area contributed by atoms with Gasteiger partial charge in [-0.3, -0.25) is 9.78 Å². The fraction of sp³-hybridized carbons (Fsp3) is 0.0800. The maximum absolute atomic E-state index is 12.6. The summed E-state index contributed by atoms with van der Waals surface area (Å²) in [6, 6.07) is 21.5. The molecule has 2 aromatic carbocycles. The molecule has 7 heteroatoms. The standard InChI is InChI=1S/C25H21N3O4/c1-28(19-4-3-15-26-17-19)25(29)18-5-14-24(27-16-18)32-23-12-10-22(11-13-23)31-21-8-6-20(30-2)7-9-21/h3-17H,1-2H3. The van der Waals surface area contributed by atoms with Crippen molar-refractivity contribution in [2.24, 2.45) is 0 Å². The molecule has 0 bridgehead atoms. The molecule has 32 heavy (non-hydrogen) atoms. The van der Waals surface area contributed by atoms with E-state index < -0.39 is 0 Å². The van der Waals surface area contributed by atoms with Crippen LogP contribution < -0.4 is 19.1 Å². The number of hydrogen-bond donors (Lipinski definition) is 0. The zero-order valence-corrected chi connectivity index (χ0v) is 17.6. The Morgan fingerprint density at radius 2 is 1.41 bits per heavy atom. The molecule has 0 aliphatic carbocycles. The summed E-state index contributed by atoms with van der Waals surface area (Å²) < 4.78 is 16.7. The fourth-order valence-electron chi connectivity index (χ4n) is 2.91. The third-order valence-corrected chi connectivity index (χ3v) is 4.66. The van der Waals surface area contributed by atoms with E-state index in [9.17, 15) is 4.79 Å². The van der Waals surface area contributed by atoms with Crippen LogP contribution in [0.15, 0.2) is 91.4 Å². The van der Waals surface area contributed by atoms with Crippen molar-refractivity contribution in [3.63, 3.8) is 0 Å². The van der Waals surface area contributed by atoms with Crippen molar-refractivity contribution in [1.29, 1.82) is 0 Å². The molecule has 160 valence electrons. The molecule has 0 N–H and O–H groups in total. The van der Waals surface area contributed by atoms with Gasteiger partial charge in [-0.1, -0.05) is 0 Å². The molecule has 0 radical (unpaired) electrons. The van der Waals surface area contributed by atoms with E-state index in [1.54, 1.807) is 69.0 Å². The van der Waals surface area contributed by atoms with Gasteiger partial charge in [-0.2, -0.15) is 0 Å². The fourth-order valence-corrected chi connectivity index (χ4v) is 2.91. The van der Waals surface area contributed by atoms with Crippen LogP contribution in [-0.4, -0.2) is 30.0 Å². The topological polar surface area (TPSA) is 73.8 Å². The predicted octanol–water partition coefficient (Wildman–Crippen LogP) is 5.35. The molecule has 2 aromatic heterocycles. The van der Waals surface area contributed by atoms with Crippen LogP contribution in [0.5, 0.6) is 28.9 Å². The van der Waals surface area contributed by atoms with Crippen LogP contribution in [0.1, 0.15) is 10.4 Å². The summed E-state index contributed by atoms with van der Waals surface area (Å²) in [5.74, 6) is 2.95. The summed E-state index contributed by atoms with van der Waals surface area (Å²) in [7, 11) is 3.31. The maximum atomic E-state index is 12.6. The number of methoxy groups -OCH3 is 1. The molecule has 0 atom stereocenters. The number of benzene rings is 2. The summed E-state index contributed by atoms with van der Waals surface area (Å²) in [5.41, 5.74) is 1.15. The van der Waals surface area contributed by atoms with E-state index in [-0.39, 0.29) is 5.91 Å². The molecule has 0 aliphatic rings. The Morgan fingerprint density at radius 3 is 1.94 bits per heavy atom. The lowest BCUT2D eigenvalue weighted by molar-refractivity contribution is 0.0992. The van der Waals surface area contributed by atoms with E-state index >= 15 is 0 Å². The van der Waals surface area contributed by atoms with Crippen molar-refractivity contribution in [1.82, 2.24) is 9.97 Å². The second-order valence-electron chi connectivity index (χ2n) is 6.81. The van der Waals surface area contributed by atoms with Crippen LogP contribution in [0.2, 0.25) is 0 Å². The Bertz CT molecular complexity index is 1160. The number of pyridine rings is 2. The number of amides is 1. The molecule has 0 aliphatic heterocycles. The van der Waals surface area contributed by atoms with Crippen molar-refractivity contribution in [3.05, 3.63) is 97.0 Å². The zero-order chi connectivity index (χ0) is 22.3. The van der Waals surface area contributed by atoms with Crippen molar-refractivity contribution < 1.29 is 19.0 Å². The summed E-state index contributed by atoms with van der Waals surface area (Å²) >= 11 is 0. The normalized spacial score (nSPS) is 10.3. The SMILES string of the molecule is COc1ccc(Oc2ccc(Oc3ccc(C(=O)N(C)c4cccnc4)cn3)cc2)cc1. The first-order valence-electron chi connectivity index (χ1n) is 9.86. The van der Waals surface area contributed by atoms with E-state index in [1.807, 2.05) is 30.3 Å². The minimum absolute atomic E-state index is 0.183. The molecule has 0 fully saturated rings. The van der Waals surface area contributed by atoms with Crippen molar-refractivity contribution in [3.8, 4) is 28.9 Å². The van der Waals surface area contributed by atoms with Gasteiger partial charge in [0.15, 0.2) is 0 Å². The highest BCUT2D eigenvalue weighted by Crippen LogP contribution is 2.27. The molecule has 4 aromatic rings. The van der Waals surface area contributed by atoms with E-state index in [0.29, 0.717) is 34.4 Å². The second kappa shape index (κ2) is 9.61. The van der Waals surface area contributed by atoms with E-state index in [2.05, 4.69) is 9.97 Å². The summed E-state index contributed by atoms with van der Waals surface area (Å²) in [5, 5.41) is 0. The zero-order valence-electron chi connectivity index (χ0n) is 17.6. The molecule has 7 nitrogen and oxygen atoms in total. The van der Waals surface area contributed by atoms with Crippen LogP contribution >= 0.6 is 0 Å². The van der Waals surface area contributed by atoms with Gasteiger partial charge in [0.1, 0.15) is 23.0 Å². The Labute approximate surface area is 185 Å². The third-order valence-electron chi connectivity index (χ3n) is 4.66. The molecular weight excluding hydrogens is 406 g/mol. The summed E-state index contributed by atoms with van der Waals surface area (Å²) in [4.78, 5) is 22.4. The first-order valence-corrected chi connectivity index (χ1v) is 9.86. The molecule has 0 spiro atoms. The average molecular weight is 427 g/mol. The Morgan fingerprint density at radius 1 is 0.781 bits per heavy atom. The third kappa shape index (κ3) is 5.02. The lowest BCUT2D eigenvalue weighted by atomic mass is 10.2. The number of rotatable bonds is 7. The van der Waals surface area contributed by atoms with Gasteiger partial charge in [-0.05, 0) is 66.7 Å². The number of ether oxygens (including phenoxy) is 3. The van der Waals surface area contributed by atoms with Gasteiger partial charge in [-0.25, -0.2) is 4.98 Å². The molecule has 4 rings (SSSR count). The Hall–Kier alpha value is -4.39. The van der Waals surface area contributed by atoms with E-state index in [1.165, 1.54) is 11.1 Å². The average Bonchev–Trinajstić information content (AvgIpc) is 2.86. The van der Waals surface area contributed by atoms with E-state index in [4.69, 9.17) is 14.2 Å². The number of nitrogens with zero attached hydrogens (tertiary/aromatic N) is 3. The highest BCUT2D eigenvalue weighted by Gasteiger charge is 2.14. The van der Waals surface area contributed by atoms with Crippen molar-refractivity contribution >= 4 is 11.6 Å². The quantitative estimate of drug-likeness (QED) is 0.396. The Balaban J connectivity index is 1.37. The minimum atomic E-state index is -0.183. The predicted molar refractivity (Wildman–Crippen MR) is 121 cm³/mol. The number of carbonyl (C=O) groups is 1. The molecule has 0 unspecified atom stereocenters. The summed E-state index contributed by atoms with van der Waals surface area (Å²) in [6.45, 7) is 0. The highest BCUT2D eigenvalue weighted by atomic mass is 16.5. The van der Waals surface area contributed by atoms with Crippen LogP contribution in [-0.2, 0) is 0 Å². The van der Waals surface area contributed by atoms with Gasteiger partial charge in [-0.15, -0.1) is 0 Å².